The second-order valence-corrected chi connectivity index (χ2v) is 14.2. The molecule has 0 saturated carbocycles. The summed E-state index contributed by atoms with van der Waals surface area (Å²) in [5, 5.41) is 5.81. The van der Waals surface area contributed by atoms with Crippen molar-refractivity contribution in [2.75, 3.05) is 0 Å². The molecule has 0 aliphatic heterocycles. The van der Waals surface area contributed by atoms with Gasteiger partial charge in [0, 0.05) is 49.4 Å². The number of hydrogen-bond donors (Lipinski definition) is 0. The highest BCUT2D eigenvalue weighted by Gasteiger charge is 2.17. The lowest BCUT2D eigenvalue weighted by Crippen LogP contribution is -1.94. The first kappa shape index (κ1) is 23.3. The van der Waals surface area contributed by atoms with Crippen LogP contribution in [0.15, 0.2) is 212 Å². The third-order valence-corrected chi connectivity index (χ3v) is 11.2. The van der Waals surface area contributed by atoms with Crippen molar-refractivity contribution in [2.24, 2.45) is 0 Å². The predicted molar refractivity (Wildman–Crippen MR) is 240 cm³/mol. The second-order valence-electron chi connectivity index (χ2n) is 14.2. The minimum atomic E-state index is -0.425. The van der Waals surface area contributed by atoms with Crippen LogP contribution in [0.1, 0.15) is 13.7 Å². The van der Waals surface area contributed by atoms with Crippen LogP contribution in [0.2, 0.25) is 0 Å². The quantitative estimate of drug-likeness (QED) is 0.167. The fourth-order valence-corrected chi connectivity index (χ4v) is 8.73. The van der Waals surface area contributed by atoms with Gasteiger partial charge in [0.2, 0.25) is 0 Å². The molecule has 12 rings (SSSR count). The van der Waals surface area contributed by atoms with Crippen LogP contribution in [0.3, 0.4) is 0 Å². The Hall–Kier alpha value is -7.62. The Morgan fingerprint density at radius 1 is 0.263 bits per heavy atom. The standard InChI is InChI=1S/C54H35N3/c1-3-13-40(14-4-1)55-49-20-10-7-17-43(49)46-33-37(25-30-52(46)55)36-23-28-42(29-24-36)57-51-22-12-9-19-45(51)48-35-39(27-32-54(48)57)38-26-31-53-47(34-38)44-18-8-11-21-50(44)56(53)41-15-5-2-6-16-41/h1-35H/i1D,2D,3D,4D,5D,6D,13D,14D,15D,16D. The van der Waals surface area contributed by atoms with Gasteiger partial charge in [0.1, 0.15) is 0 Å². The van der Waals surface area contributed by atoms with Crippen molar-refractivity contribution in [3.63, 3.8) is 0 Å². The van der Waals surface area contributed by atoms with E-state index in [1.165, 1.54) is 0 Å². The Labute approximate surface area is 343 Å². The first-order chi connectivity index (χ1) is 32.4. The van der Waals surface area contributed by atoms with Crippen molar-refractivity contribution in [1.82, 2.24) is 13.7 Å². The Morgan fingerprint density at radius 3 is 0.982 bits per heavy atom. The van der Waals surface area contributed by atoms with E-state index in [0.717, 1.165) is 93.4 Å². The maximum absolute atomic E-state index is 8.78. The topological polar surface area (TPSA) is 14.8 Å². The predicted octanol–water partition coefficient (Wildman–Crippen LogP) is 14.3. The Kier molecular flexibility index (Phi) is 5.10. The van der Waals surface area contributed by atoms with Crippen LogP contribution in [0.25, 0.3) is 105 Å². The van der Waals surface area contributed by atoms with Gasteiger partial charge in [0.25, 0.3) is 0 Å². The Bertz CT molecular complexity index is 4050. The van der Waals surface area contributed by atoms with E-state index in [1.54, 1.807) is 9.13 Å². The van der Waals surface area contributed by atoms with Crippen LogP contribution < -0.4 is 0 Å². The lowest BCUT2D eigenvalue weighted by Gasteiger charge is -2.11. The summed E-state index contributed by atoms with van der Waals surface area (Å²) in [5.41, 5.74) is 10.3. The molecule has 266 valence electrons. The van der Waals surface area contributed by atoms with E-state index in [4.69, 9.17) is 13.7 Å². The molecule has 0 spiro atoms. The molecule has 3 heterocycles. The highest BCUT2D eigenvalue weighted by Crippen LogP contribution is 2.39. The average Bonchev–Trinajstić information content (AvgIpc) is 3.99. The van der Waals surface area contributed by atoms with Crippen molar-refractivity contribution in [3.05, 3.63) is 212 Å². The Morgan fingerprint density at radius 2 is 0.579 bits per heavy atom. The number of nitrogens with zero attached hydrogens (tertiary/aromatic N) is 3. The van der Waals surface area contributed by atoms with E-state index in [-0.39, 0.29) is 59.7 Å². The molecule has 9 aromatic carbocycles. The van der Waals surface area contributed by atoms with Gasteiger partial charge in [-0.1, -0.05) is 121 Å². The van der Waals surface area contributed by atoms with Crippen LogP contribution in [0.5, 0.6) is 0 Å². The number of hydrogen-bond acceptors (Lipinski definition) is 0. The van der Waals surface area contributed by atoms with Crippen molar-refractivity contribution in [2.45, 2.75) is 0 Å². The second kappa shape index (κ2) is 12.5. The zero-order valence-corrected chi connectivity index (χ0v) is 30.3. The molecule has 0 radical (unpaired) electrons. The number of aromatic nitrogens is 3. The van der Waals surface area contributed by atoms with Crippen molar-refractivity contribution in [3.8, 4) is 39.3 Å². The molecular formula is C54H35N3. The van der Waals surface area contributed by atoms with Crippen LogP contribution in [-0.2, 0) is 0 Å². The van der Waals surface area contributed by atoms with Gasteiger partial charge in [-0.2, -0.15) is 0 Å². The van der Waals surface area contributed by atoms with Crippen LogP contribution in [-0.4, -0.2) is 13.7 Å². The number of benzene rings is 9. The van der Waals surface area contributed by atoms with Gasteiger partial charge in [-0.15, -0.1) is 0 Å². The molecule has 3 heteroatoms. The van der Waals surface area contributed by atoms with Gasteiger partial charge in [-0.3, -0.25) is 0 Å². The highest BCUT2D eigenvalue weighted by atomic mass is 15.0. The SMILES string of the molecule is [2H]c1c([2H])c([2H])c(-n2c3ccccc3c3cc(-c4ccc(-n5c6ccccc6c6cc(-c7ccc8c(c7)c7ccccc7n8-c7c([2H])c([2H])c([2H])c([2H])c7[2H])ccc65)cc4)ccc32)c([2H])c1[2H]. The van der Waals surface area contributed by atoms with Gasteiger partial charge in [-0.25, -0.2) is 0 Å². The van der Waals surface area contributed by atoms with Crippen molar-refractivity contribution in [1.29, 1.82) is 0 Å². The smallest absolute Gasteiger partial charge is 0.0645 e. The largest absolute Gasteiger partial charge is 0.309 e. The summed E-state index contributed by atoms with van der Waals surface area (Å²) >= 11 is 0. The zero-order valence-electron chi connectivity index (χ0n) is 40.3. The minimum Gasteiger partial charge on any atom is -0.309 e. The van der Waals surface area contributed by atoms with Crippen LogP contribution in [0, 0.1) is 0 Å². The molecular weight excluding hydrogens is 691 g/mol. The third kappa shape index (κ3) is 4.86. The summed E-state index contributed by atoms with van der Waals surface area (Å²) in [6.45, 7) is 0. The van der Waals surface area contributed by atoms with Gasteiger partial charge < -0.3 is 13.7 Å². The van der Waals surface area contributed by atoms with E-state index < -0.39 is 12.1 Å². The van der Waals surface area contributed by atoms with E-state index in [1.807, 2.05) is 84.9 Å². The van der Waals surface area contributed by atoms with Gasteiger partial charge in [0.15, 0.2) is 0 Å². The molecule has 0 fully saturated rings. The van der Waals surface area contributed by atoms with E-state index in [9.17, 15) is 0 Å². The highest BCUT2D eigenvalue weighted by molar-refractivity contribution is 6.13. The molecule has 0 atom stereocenters. The summed E-state index contributed by atoms with van der Waals surface area (Å²) < 4.78 is 90.7. The summed E-state index contributed by atoms with van der Waals surface area (Å²) in [5.74, 6) is 0. The van der Waals surface area contributed by atoms with Crippen LogP contribution >= 0.6 is 0 Å². The first-order valence-corrected chi connectivity index (χ1v) is 18.8. The average molecular weight is 736 g/mol. The minimum absolute atomic E-state index is 0.118. The maximum atomic E-state index is 8.78. The molecule has 0 aliphatic rings. The molecule has 57 heavy (non-hydrogen) atoms. The Balaban J connectivity index is 0.947. The lowest BCUT2D eigenvalue weighted by molar-refractivity contribution is 1.18. The maximum Gasteiger partial charge on any atom is 0.0645 e. The van der Waals surface area contributed by atoms with E-state index in [2.05, 4.69) is 71.3 Å². The summed E-state index contributed by atoms with van der Waals surface area (Å²) in [7, 11) is 0. The van der Waals surface area contributed by atoms with Gasteiger partial charge in [-0.05, 0) is 113 Å². The van der Waals surface area contributed by atoms with E-state index >= 15 is 0 Å². The first-order valence-electron chi connectivity index (χ1n) is 23.8. The number of fused-ring (bicyclic) bond motifs is 9. The monoisotopic (exact) mass is 735 g/mol. The van der Waals surface area contributed by atoms with Gasteiger partial charge >= 0.3 is 0 Å². The molecule has 0 unspecified atom stereocenters. The fourth-order valence-electron chi connectivity index (χ4n) is 8.73. The zero-order chi connectivity index (χ0) is 46.2. The molecule has 0 saturated heterocycles. The number of rotatable bonds is 5. The molecule has 0 aliphatic carbocycles. The van der Waals surface area contributed by atoms with Crippen molar-refractivity contribution < 1.29 is 13.7 Å². The molecule has 3 aromatic heterocycles. The summed E-state index contributed by atoms with van der Waals surface area (Å²) in [4.78, 5) is 0. The van der Waals surface area contributed by atoms with Crippen molar-refractivity contribution >= 4 is 65.4 Å². The number of para-hydroxylation sites is 5. The molecule has 0 N–H and O–H groups in total. The molecule has 12 aromatic rings. The van der Waals surface area contributed by atoms with E-state index in [0.29, 0.717) is 0 Å². The lowest BCUT2D eigenvalue weighted by atomic mass is 10.0. The third-order valence-electron chi connectivity index (χ3n) is 11.2. The normalized spacial score (nSPS) is 14.3. The summed E-state index contributed by atoms with van der Waals surface area (Å²) in [6.07, 6.45) is 0. The molecule has 3 nitrogen and oxygen atoms in total. The molecule has 0 amide bonds. The van der Waals surface area contributed by atoms with Gasteiger partial charge in [0.05, 0.1) is 46.8 Å². The summed E-state index contributed by atoms with van der Waals surface area (Å²) in [6, 6.07) is 47.6. The molecule has 0 bridgehead atoms. The van der Waals surface area contributed by atoms with Crippen LogP contribution in [0.4, 0.5) is 0 Å². The fraction of sp³-hybridized carbons (Fsp3) is 0.